The quantitative estimate of drug-likeness (QED) is 0.914. The smallest absolute Gasteiger partial charge is 0.0738 e. The second kappa shape index (κ2) is 3.91. The van der Waals surface area contributed by atoms with Gasteiger partial charge in [-0.15, -0.1) is 0 Å². The molecule has 0 unspecified atom stereocenters. The van der Waals surface area contributed by atoms with E-state index in [9.17, 15) is 5.11 Å². The van der Waals surface area contributed by atoms with E-state index in [1.807, 2.05) is 11.6 Å². The number of aryl methyl sites for hydroxylation is 2. The van der Waals surface area contributed by atoms with Crippen LogP contribution in [0.15, 0.2) is 4.47 Å². The lowest BCUT2D eigenvalue weighted by Crippen LogP contribution is -2.14. The molecule has 15 heavy (non-hydrogen) atoms. The second-order valence-corrected chi connectivity index (χ2v) is 5.29. The van der Waals surface area contributed by atoms with Crippen LogP contribution in [0.5, 0.6) is 0 Å². The van der Waals surface area contributed by atoms with Crippen LogP contribution in [-0.4, -0.2) is 21.5 Å². The van der Waals surface area contributed by atoms with Crippen LogP contribution < -0.4 is 0 Å². The number of nitrogens with zero attached hydrogens (tertiary/aromatic N) is 2. The van der Waals surface area contributed by atoms with Crippen LogP contribution in [0.2, 0.25) is 0 Å². The normalized spacial score (nSPS) is 18.1. The fraction of sp³-hybridized carbons (Fsp3) is 0.727. The molecule has 2 rings (SSSR count). The van der Waals surface area contributed by atoms with Crippen LogP contribution in [0.3, 0.4) is 0 Å². The van der Waals surface area contributed by atoms with Gasteiger partial charge in [-0.1, -0.05) is 0 Å². The Balaban J connectivity index is 2.26. The van der Waals surface area contributed by atoms with Gasteiger partial charge in [-0.25, -0.2) is 0 Å². The zero-order valence-electron chi connectivity index (χ0n) is 9.26. The van der Waals surface area contributed by atoms with Crippen molar-refractivity contribution in [3.05, 3.63) is 15.9 Å². The maximum atomic E-state index is 9.33. The van der Waals surface area contributed by atoms with Crippen molar-refractivity contribution < 1.29 is 5.11 Å². The summed E-state index contributed by atoms with van der Waals surface area (Å²) in [5.74, 6) is 0. The molecule has 0 spiro atoms. The zero-order valence-corrected chi connectivity index (χ0v) is 10.8. The van der Waals surface area contributed by atoms with Crippen LogP contribution in [0, 0.1) is 12.3 Å². The van der Waals surface area contributed by atoms with Crippen LogP contribution >= 0.6 is 15.9 Å². The summed E-state index contributed by atoms with van der Waals surface area (Å²) in [6.45, 7) is 5.30. The van der Waals surface area contributed by atoms with E-state index in [-0.39, 0.29) is 5.41 Å². The minimum absolute atomic E-state index is 0.155. The molecule has 0 atom stereocenters. The molecule has 0 amide bonds. The molecule has 1 N–H and O–H groups in total. The summed E-state index contributed by atoms with van der Waals surface area (Å²) in [5.41, 5.74) is 2.43. The van der Waals surface area contributed by atoms with Gasteiger partial charge in [-0.05, 0) is 54.5 Å². The van der Waals surface area contributed by atoms with Crippen LogP contribution in [-0.2, 0) is 13.0 Å². The summed E-state index contributed by atoms with van der Waals surface area (Å²) in [4.78, 5) is 0. The molecule has 1 aromatic rings. The van der Waals surface area contributed by atoms with Crippen LogP contribution in [0.4, 0.5) is 0 Å². The summed E-state index contributed by atoms with van der Waals surface area (Å²) in [5, 5.41) is 13.8. The second-order valence-electron chi connectivity index (χ2n) is 4.50. The lowest BCUT2D eigenvalue weighted by atomic mass is 10.0. The summed E-state index contributed by atoms with van der Waals surface area (Å²) >= 11 is 3.59. The van der Waals surface area contributed by atoms with Gasteiger partial charge in [-0.3, -0.25) is 4.68 Å². The molecule has 1 aliphatic carbocycles. The Morgan fingerprint density at radius 2 is 2.20 bits per heavy atom. The first-order valence-electron chi connectivity index (χ1n) is 5.44. The average molecular weight is 273 g/mol. The Bertz CT molecular complexity index is 369. The zero-order chi connectivity index (χ0) is 11.1. The average Bonchev–Trinajstić information content (AvgIpc) is 2.97. The highest BCUT2D eigenvalue weighted by Gasteiger charge is 2.43. The summed E-state index contributed by atoms with van der Waals surface area (Å²) in [6, 6.07) is 0. The van der Waals surface area contributed by atoms with E-state index < -0.39 is 0 Å². The van der Waals surface area contributed by atoms with E-state index in [0.717, 1.165) is 36.0 Å². The van der Waals surface area contributed by atoms with E-state index >= 15 is 0 Å². The Morgan fingerprint density at radius 1 is 1.53 bits per heavy atom. The SMILES string of the molecule is CCn1nc(C)c(Br)c1CC1(CO)CC1. The number of halogens is 1. The first-order chi connectivity index (χ1) is 7.12. The third kappa shape index (κ3) is 1.97. The van der Waals surface area contributed by atoms with Crippen molar-refractivity contribution in [2.75, 3.05) is 6.61 Å². The van der Waals surface area contributed by atoms with Gasteiger partial charge in [-0.2, -0.15) is 5.10 Å². The number of aliphatic hydroxyl groups excluding tert-OH is 1. The van der Waals surface area contributed by atoms with Crippen molar-refractivity contribution in [2.24, 2.45) is 5.41 Å². The van der Waals surface area contributed by atoms with E-state index in [1.54, 1.807) is 0 Å². The lowest BCUT2D eigenvalue weighted by molar-refractivity contribution is 0.208. The number of aliphatic hydroxyl groups is 1. The highest BCUT2D eigenvalue weighted by atomic mass is 79.9. The lowest BCUT2D eigenvalue weighted by Gasteiger charge is -2.12. The van der Waals surface area contributed by atoms with Crippen LogP contribution in [0.25, 0.3) is 0 Å². The molecule has 0 aromatic carbocycles. The largest absolute Gasteiger partial charge is 0.396 e. The van der Waals surface area contributed by atoms with Gasteiger partial charge in [0.25, 0.3) is 0 Å². The molecule has 3 nitrogen and oxygen atoms in total. The van der Waals surface area contributed by atoms with Gasteiger partial charge >= 0.3 is 0 Å². The molecule has 84 valence electrons. The topological polar surface area (TPSA) is 38.0 Å². The standard InChI is InChI=1S/C11H17BrN2O/c1-3-14-9(10(12)8(2)13-14)6-11(7-15)4-5-11/h15H,3-7H2,1-2H3. The molecule has 4 heteroatoms. The molecule has 0 aliphatic heterocycles. The van der Waals surface area contributed by atoms with Gasteiger partial charge in [0.05, 0.1) is 15.9 Å². The molecular formula is C11H17BrN2O. The van der Waals surface area contributed by atoms with Crippen molar-refractivity contribution in [3.63, 3.8) is 0 Å². The van der Waals surface area contributed by atoms with Crippen LogP contribution in [0.1, 0.15) is 31.2 Å². The minimum atomic E-state index is 0.155. The maximum Gasteiger partial charge on any atom is 0.0738 e. The number of aromatic nitrogens is 2. The molecule has 1 aliphatic rings. The third-order valence-electron chi connectivity index (χ3n) is 3.29. The third-order valence-corrected chi connectivity index (χ3v) is 4.32. The predicted octanol–water partition coefficient (Wildman–Crippen LogP) is 2.29. The fourth-order valence-electron chi connectivity index (χ4n) is 1.96. The minimum Gasteiger partial charge on any atom is -0.396 e. The van der Waals surface area contributed by atoms with Gasteiger partial charge < -0.3 is 5.11 Å². The first-order valence-corrected chi connectivity index (χ1v) is 6.24. The Hall–Kier alpha value is -0.350. The van der Waals surface area contributed by atoms with E-state index in [1.165, 1.54) is 5.69 Å². The summed E-state index contributed by atoms with van der Waals surface area (Å²) in [7, 11) is 0. The van der Waals surface area contributed by atoms with Crippen molar-refractivity contribution in [1.29, 1.82) is 0 Å². The van der Waals surface area contributed by atoms with E-state index in [2.05, 4.69) is 28.0 Å². The first kappa shape index (κ1) is 11.1. The van der Waals surface area contributed by atoms with Gasteiger partial charge in [0, 0.05) is 13.2 Å². The molecule has 0 bridgehead atoms. The fourth-order valence-corrected chi connectivity index (χ4v) is 2.38. The highest BCUT2D eigenvalue weighted by Crippen LogP contribution is 2.48. The van der Waals surface area contributed by atoms with Crippen molar-refractivity contribution >= 4 is 15.9 Å². The van der Waals surface area contributed by atoms with Crippen molar-refractivity contribution in [3.8, 4) is 0 Å². The summed E-state index contributed by atoms with van der Waals surface area (Å²) in [6.07, 6.45) is 3.23. The predicted molar refractivity (Wildman–Crippen MR) is 62.8 cm³/mol. The molecule has 1 aromatic heterocycles. The summed E-state index contributed by atoms with van der Waals surface area (Å²) < 4.78 is 3.15. The Labute approximate surface area is 98.6 Å². The maximum absolute atomic E-state index is 9.33. The van der Waals surface area contributed by atoms with Gasteiger partial charge in [0.1, 0.15) is 0 Å². The molecule has 1 heterocycles. The van der Waals surface area contributed by atoms with Crippen molar-refractivity contribution in [2.45, 2.75) is 39.7 Å². The monoisotopic (exact) mass is 272 g/mol. The van der Waals surface area contributed by atoms with Gasteiger partial charge in [0.2, 0.25) is 0 Å². The molecule has 0 radical (unpaired) electrons. The Kier molecular flexibility index (Phi) is 2.90. The number of hydrogen-bond acceptors (Lipinski definition) is 2. The molecule has 0 saturated heterocycles. The number of rotatable bonds is 4. The van der Waals surface area contributed by atoms with E-state index in [4.69, 9.17) is 0 Å². The molecule has 1 saturated carbocycles. The molecule has 1 fully saturated rings. The van der Waals surface area contributed by atoms with Crippen molar-refractivity contribution in [1.82, 2.24) is 9.78 Å². The Morgan fingerprint density at radius 3 is 2.67 bits per heavy atom. The van der Waals surface area contributed by atoms with Gasteiger partial charge in [0.15, 0.2) is 0 Å². The van der Waals surface area contributed by atoms with E-state index in [0.29, 0.717) is 6.61 Å². The number of hydrogen-bond donors (Lipinski definition) is 1. The molecular weight excluding hydrogens is 256 g/mol. The highest BCUT2D eigenvalue weighted by molar-refractivity contribution is 9.10.